The molecular weight excluding hydrogens is 324 g/mol. The molecule has 24 heavy (non-hydrogen) atoms. The van der Waals surface area contributed by atoms with Crippen LogP contribution in [0.5, 0.6) is 5.75 Å². The first-order valence-corrected chi connectivity index (χ1v) is 8.48. The van der Waals surface area contributed by atoms with E-state index in [0.717, 1.165) is 23.3 Å². The van der Waals surface area contributed by atoms with Gasteiger partial charge >= 0.3 is 6.03 Å². The second-order valence-corrected chi connectivity index (χ2v) is 5.94. The van der Waals surface area contributed by atoms with Crippen LogP contribution in [-0.2, 0) is 6.42 Å². The van der Waals surface area contributed by atoms with Crippen LogP contribution in [0.25, 0.3) is 0 Å². The van der Waals surface area contributed by atoms with Crippen molar-refractivity contribution in [2.45, 2.75) is 26.3 Å². The number of amides is 2. The van der Waals surface area contributed by atoms with E-state index < -0.39 is 0 Å². The first kappa shape index (κ1) is 18.1. The van der Waals surface area contributed by atoms with Crippen molar-refractivity contribution in [2.24, 2.45) is 0 Å². The van der Waals surface area contributed by atoms with Crippen molar-refractivity contribution in [3.8, 4) is 5.75 Å². The van der Waals surface area contributed by atoms with Crippen LogP contribution in [0.1, 0.15) is 31.0 Å². The maximum Gasteiger partial charge on any atom is 0.315 e. The second kappa shape index (κ2) is 9.18. The van der Waals surface area contributed by atoms with Crippen molar-refractivity contribution in [1.29, 1.82) is 0 Å². The molecule has 0 aromatic heterocycles. The Hall–Kier alpha value is -2.20. The number of hydrogen-bond donors (Lipinski definition) is 2. The molecule has 2 rings (SSSR count). The number of carbonyl (C=O) groups is 1. The molecule has 0 saturated carbocycles. The van der Waals surface area contributed by atoms with E-state index >= 15 is 0 Å². The molecule has 0 spiro atoms. The van der Waals surface area contributed by atoms with Gasteiger partial charge in [-0.05, 0) is 55.7 Å². The molecule has 0 bridgehead atoms. The molecule has 0 fully saturated rings. The third-order valence-corrected chi connectivity index (χ3v) is 3.90. The van der Waals surface area contributed by atoms with Crippen molar-refractivity contribution < 1.29 is 9.53 Å². The minimum Gasteiger partial charge on any atom is -0.494 e. The number of carbonyl (C=O) groups excluding carboxylic acids is 1. The highest BCUT2D eigenvalue weighted by molar-refractivity contribution is 6.30. The first-order chi connectivity index (χ1) is 11.6. The summed E-state index contributed by atoms with van der Waals surface area (Å²) >= 11 is 5.85. The van der Waals surface area contributed by atoms with Crippen LogP contribution in [0.15, 0.2) is 48.5 Å². The number of ether oxygens (including phenoxy) is 1. The van der Waals surface area contributed by atoms with Gasteiger partial charge in [-0.25, -0.2) is 4.79 Å². The van der Waals surface area contributed by atoms with Gasteiger partial charge in [0, 0.05) is 11.6 Å². The Morgan fingerprint density at radius 3 is 2.42 bits per heavy atom. The number of benzene rings is 2. The van der Waals surface area contributed by atoms with Crippen molar-refractivity contribution in [1.82, 2.24) is 10.6 Å². The molecule has 0 heterocycles. The number of hydrogen-bond acceptors (Lipinski definition) is 2. The van der Waals surface area contributed by atoms with Crippen LogP contribution in [0.2, 0.25) is 5.02 Å². The standard InChI is InChI=1S/C19H23ClN2O2/c1-3-24-18-10-6-16(7-11-18)14(2)22-19(23)21-13-12-15-4-8-17(20)9-5-15/h4-11,14H,3,12-13H2,1-2H3,(H2,21,22,23)/t14-/m1/s1. The fraction of sp³-hybridized carbons (Fsp3) is 0.316. The largest absolute Gasteiger partial charge is 0.494 e. The highest BCUT2D eigenvalue weighted by Gasteiger charge is 2.09. The third kappa shape index (κ3) is 5.78. The lowest BCUT2D eigenvalue weighted by Crippen LogP contribution is -2.38. The molecule has 0 aliphatic carbocycles. The summed E-state index contributed by atoms with van der Waals surface area (Å²) < 4.78 is 5.42. The van der Waals surface area contributed by atoms with E-state index in [4.69, 9.17) is 16.3 Å². The van der Waals surface area contributed by atoms with Gasteiger partial charge in [0.15, 0.2) is 0 Å². The molecule has 0 saturated heterocycles. The van der Waals surface area contributed by atoms with Crippen molar-refractivity contribution in [3.05, 3.63) is 64.7 Å². The highest BCUT2D eigenvalue weighted by atomic mass is 35.5. The molecule has 2 N–H and O–H groups in total. The van der Waals surface area contributed by atoms with Gasteiger partial charge < -0.3 is 15.4 Å². The van der Waals surface area contributed by atoms with Crippen LogP contribution in [-0.4, -0.2) is 19.2 Å². The van der Waals surface area contributed by atoms with E-state index in [2.05, 4.69) is 10.6 Å². The predicted octanol–water partition coefficient (Wildman–Crippen LogP) is 4.34. The van der Waals surface area contributed by atoms with Gasteiger partial charge in [-0.3, -0.25) is 0 Å². The minimum atomic E-state index is -0.176. The van der Waals surface area contributed by atoms with Crippen LogP contribution >= 0.6 is 11.6 Å². The van der Waals surface area contributed by atoms with Crippen LogP contribution < -0.4 is 15.4 Å². The number of rotatable bonds is 7. The zero-order chi connectivity index (χ0) is 17.4. The number of nitrogens with one attached hydrogen (secondary N) is 2. The number of urea groups is 1. The summed E-state index contributed by atoms with van der Waals surface area (Å²) in [6, 6.07) is 15.1. The lowest BCUT2D eigenvalue weighted by atomic mass is 10.1. The average Bonchev–Trinajstić information content (AvgIpc) is 2.57. The molecule has 0 aliphatic rings. The molecule has 1 atom stereocenters. The molecule has 0 radical (unpaired) electrons. The number of halogens is 1. The summed E-state index contributed by atoms with van der Waals surface area (Å²) in [5.41, 5.74) is 2.17. The Labute approximate surface area is 148 Å². The summed E-state index contributed by atoms with van der Waals surface area (Å²) in [7, 11) is 0. The van der Waals surface area contributed by atoms with E-state index in [0.29, 0.717) is 18.2 Å². The molecule has 5 heteroatoms. The van der Waals surface area contributed by atoms with Gasteiger partial charge in [0.05, 0.1) is 12.6 Å². The maximum atomic E-state index is 12.0. The monoisotopic (exact) mass is 346 g/mol. The van der Waals surface area contributed by atoms with E-state index in [-0.39, 0.29) is 12.1 Å². The Morgan fingerprint density at radius 1 is 1.12 bits per heavy atom. The highest BCUT2D eigenvalue weighted by Crippen LogP contribution is 2.17. The zero-order valence-corrected chi connectivity index (χ0v) is 14.8. The summed E-state index contributed by atoms with van der Waals surface area (Å²) in [5, 5.41) is 6.52. The normalized spacial score (nSPS) is 11.6. The van der Waals surface area contributed by atoms with E-state index in [1.807, 2.05) is 62.4 Å². The predicted molar refractivity (Wildman–Crippen MR) is 97.7 cm³/mol. The summed E-state index contributed by atoms with van der Waals surface area (Å²) in [6.45, 7) is 5.12. The van der Waals surface area contributed by atoms with E-state index in [9.17, 15) is 4.79 Å². The molecular formula is C19H23ClN2O2. The summed E-state index contributed by atoms with van der Waals surface area (Å²) in [5.74, 6) is 0.834. The Bertz CT molecular complexity index is 641. The van der Waals surface area contributed by atoms with Crippen LogP contribution in [0.3, 0.4) is 0 Å². The van der Waals surface area contributed by atoms with E-state index in [1.54, 1.807) is 0 Å². The smallest absolute Gasteiger partial charge is 0.315 e. The topological polar surface area (TPSA) is 50.4 Å². The molecule has 0 unspecified atom stereocenters. The molecule has 2 amide bonds. The third-order valence-electron chi connectivity index (χ3n) is 3.65. The fourth-order valence-corrected chi connectivity index (χ4v) is 2.45. The summed E-state index contributed by atoms with van der Waals surface area (Å²) in [4.78, 5) is 12.0. The molecule has 128 valence electrons. The zero-order valence-electron chi connectivity index (χ0n) is 14.0. The first-order valence-electron chi connectivity index (χ1n) is 8.10. The Morgan fingerprint density at radius 2 is 1.79 bits per heavy atom. The SMILES string of the molecule is CCOc1ccc([C@@H](C)NC(=O)NCCc2ccc(Cl)cc2)cc1. The summed E-state index contributed by atoms with van der Waals surface area (Å²) in [6.07, 6.45) is 0.766. The molecule has 2 aromatic carbocycles. The van der Waals surface area contributed by atoms with Gasteiger partial charge in [0.1, 0.15) is 5.75 Å². The Balaban J connectivity index is 1.75. The molecule has 2 aromatic rings. The average molecular weight is 347 g/mol. The van der Waals surface area contributed by atoms with Crippen molar-refractivity contribution >= 4 is 17.6 Å². The van der Waals surface area contributed by atoms with Crippen LogP contribution in [0, 0.1) is 0 Å². The van der Waals surface area contributed by atoms with Gasteiger partial charge in [-0.1, -0.05) is 35.9 Å². The van der Waals surface area contributed by atoms with Gasteiger partial charge in [-0.2, -0.15) is 0 Å². The van der Waals surface area contributed by atoms with E-state index in [1.165, 1.54) is 0 Å². The maximum absolute atomic E-state index is 12.0. The fourth-order valence-electron chi connectivity index (χ4n) is 2.32. The minimum absolute atomic E-state index is 0.0730. The van der Waals surface area contributed by atoms with Crippen LogP contribution in [0.4, 0.5) is 4.79 Å². The quantitative estimate of drug-likeness (QED) is 0.783. The molecule has 4 nitrogen and oxygen atoms in total. The van der Waals surface area contributed by atoms with Gasteiger partial charge in [0.2, 0.25) is 0 Å². The lowest BCUT2D eigenvalue weighted by Gasteiger charge is -2.15. The second-order valence-electron chi connectivity index (χ2n) is 5.50. The molecule has 0 aliphatic heterocycles. The van der Waals surface area contributed by atoms with Crippen molar-refractivity contribution in [3.63, 3.8) is 0 Å². The van der Waals surface area contributed by atoms with Gasteiger partial charge in [0.25, 0.3) is 0 Å². The lowest BCUT2D eigenvalue weighted by molar-refractivity contribution is 0.238. The van der Waals surface area contributed by atoms with Gasteiger partial charge in [-0.15, -0.1) is 0 Å². The Kier molecular flexibility index (Phi) is 6.94. The van der Waals surface area contributed by atoms with Crippen molar-refractivity contribution in [2.75, 3.05) is 13.2 Å².